The fraction of sp³-hybridized carbons (Fsp3) is 0.896. The molecule has 0 rings (SSSR count). The molecule has 0 radical (unpaired) electrons. The summed E-state index contributed by atoms with van der Waals surface area (Å²) in [5.74, 6) is -0.0222. The highest BCUT2D eigenvalue weighted by Crippen LogP contribution is 2.19. The second-order valence-corrected chi connectivity index (χ2v) is 26.0. The van der Waals surface area contributed by atoms with Gasteiger partial charge in [0.2, 0.25) is 5.91 Å². The van der Waals surface area contributed by atoms with Crippen molar-refractivity contribution in [2.45, 2.75) is 431 Å². The predicted octanol–water partition coefficient (Wildman–Crippen LogP) is 24.7. The summed E-state index contributed by atoms with van der Waals surface area (Å²) in [6.45, 7) is 4.98. The van der Waals surface area contributed by atoms with Crippen LogP contribution < -0.4 is 5.32 Å². The van der Waals surface area contributed by atoms with Crippen molar-refractivity contribution in [3.8, 4) is 0 Å². The van der Waals surface area contributed by atoms with Crippen LogP contribution in [0.1, 0.15) is 418 Å². The lowest BCUT2D eigenvalue weighted by molar-refractivity contribution is -0.143. The predicted molar refractivity (Wildman–Crippen MR) is 366 cm³/mol. The smallest absolute Gasteiger partial charge is 0.305 e. The summed E-state index contributed by atoms with van der Waals surface area (Å²) in [4.78, 5) is 24.6. The molecule has 6 nitrogen and oxygen atoms in total. The third-order valence-corrected chi connectivity index (χ3v) is 17.7. The van der Waals surface area contributed by atoms with Crippen LogP contribution in [0.25, 0.3) is 0 Å². The Morgan fingerprint density at radius 2 is 0.602 bits per heavy atom. The van der Waals surface area contributed by atoms with Gasteiger partial charge in [0.05, 0.1) is 25.4 Å². The van der Waals surface area contributed by atoms with Gasteiger partial charge in [0.1, 0.15) is 0 Å². The molecule has 0 aromatic carbocycles. The Hall–Kier alpha value is -1.92. The lowest BCUT2D eigenvalue weighted by atomic mass is 10.0. The molecule has 2 unspecified atom stereocenters. The molecule has 0 fully saturated rings. The number of allylic oxidation sites excluding steroid dienone is 6. The number of nitrogens with one attached hydrogen (secondary N) is 1. The molecule has 3 N–H and O–H groups in total. The number of rotatable bonds is 71. The Morgan fingerprint density at radius 3 is 0.928 bits per heavy atom. The van der Waals surface area contributed by atoms with Crippen molar-refractivity contribution in [2.24, 2.45) is 0 Å². The van der Waals surface area contributed by atoms with Crippen molar-refractivity contribution in [1.29, 1.82) is 0 Å². The highest BCUT2D eigenvalue weighted by molar-refractivity contribution is 5.76. The van der Waals surface area contributed by atoms with Crippen molar-refractivity contribution in [3.05, 3.63) is 36.5 Å². The molecule has 0 aliphatic heterocycles. The Morgan fingerprint density at radius 1 is 0.337 bits per heavy atom. The number of aliphatic hydroxyl groups is 2. The van der Waals surface area contributed by atoms with Gasteiger partial charge in [-0.05, 0) is 83.5 Å². The second-order valence-electron chi connectivity index (χ2n) is 26.0. The lowest BCUT2D eigenvalue weighted by Crippen LogP contribution is -2.45. The average Bonchev–Trinajstić information content (AvgIpc) is 3.49. The summed E-state index contributed by atoms with van der Waals surface area (Å²) in [7, 11) is 0. The van der Waals surface area contributed by atoms with E-state index in [1.165, 1.54) is 334 Å². The third kappa shape index (κ3) is 69.1. The van der Waals surface area contributed by atoms with E-state index in [9.17, 15) is 19.8 Å². The molecule has 0 aliphatic carbocycles. The topological polar surface area (TPSA) is 95.9 Å². The molecule has 0 spiro atoms. The number of esters is 1. The lowest BCUT2D eigenvalue weighted by Gasteiger charge is -2.22. The van der Waals surface area contributed by atoms with Gasteiger partial charge in [-0.3, -0.25) is 9.59 Å². The maximum atomic E-state index is 12.5. The summed E-state index contributed by atoms with van der Waals surface area (Å²) in [6, 6.07) is -0.541. The number of amides is 1. The van der Waals surface area contributed by atoms with Gasteiger partial charge >= 0.3 is 5.97 Å². The van der Waals surface area contributed by atoms with Gasteiger partial charge in [0, 0.05) is 12.8 Å². The van der Waals surface area contributed by atoms with E-state index in [1.54, 1.807) is 0 Å². The first-order valence-electron chi connectivity index (χ1n) is 37.7. The number of unbranched alkanes of at least 4 members (excludes halogenated alkanes) is 54. The van der Waals surface area contributed by atoms with Gasteiger partial charge in [-0.15, -0.1) is 0 Å². The van der Waals surface area contributed by atoms with Crippen LogP contribution in [-0.4, -0.2) is 47.4 Å². The highest BCUT2D eigenvalue weighted by Gasteiger charge is 2.20. The van der Waals surface area contributed by atoms with Gasteiger partial charge in [-0.1, -0.05) is 359 Å². The summed E-state index contributed by atoms with van der Waals surface area (Å²) in [5.41, 5.74) is 0. The van der Waals surface area contributed by atoms with Gasteiger partial charge in [-0.25, -0.2) is 0 Å². The first-order chi connectivity index (χ1) is 41.0. The number of carbonyl (C=O) groups is 2. The molecule has 0 bridgehead atoms. The Labute approximate surface area is 519 Å². The van der Waals surface area contributed by atoms with Crippen LogP contribution in [0.15, 0.2) is 36.5 Å². The Bertz CT molecular complexity index is 1340. The minimum atomic E-state index is -0.663. The zero-order valence-corrected chi connectivity index (χ0v) is 56.2. The maximum Gasteiger partial charge on any atom is 0.305 e. The first-order valence-corrected chi connectivity index (χ1v) is 37.7. The summed E-state index contributed by atoms with van der Waals surface area (Å²) >= 11 is 0. The first kappa shape index (κ1) is 81.1. The van der Waals surface area contributed by atoms with Crippen molar-refractivity contribution in [1.82, 2.24) is 5.32 Å². The quantitative estimate of drug-likeness (QED) is 0.0320. The fourth-order valence-electron chi connectivity index (χ4n) is 11.9. The number of carbonyl (C=O) groups excluding carboxylic acids is 2. The third-order valence-electron chi connectivity index (χ3n) is 17.7. The van der Waals surface area contributed by atoms with Crippen molar-refractivity contribution in [3.63, 3.8) is 0 Å². The number of aliphatic hydroxyl groups excluding tert-OH is 2. The monoisotopic (exact) mass is 1170 g/mol. The molecular weight excluding hydrogens is 1020 g/mol. The van der Waals surface area contributed by atoms with Crippen LogP contribution in [-0.2, 0) is 14.3 Å². The van der Waals surface area contributed by atoms with Crippen LogP contribution >= 0.6 is 0 Å². The molecule has 490 valence electrons. The molecule has 0 saturated carbocycles. The molecule has 0 heterocycles. The Balaban J connectivity index is 3.37. The molecular formula is C77H147NO5. The van der Waals surface area contributed by atoms with Crippen LogP contribution in [0.2, 0.25) is 0 Å². The highest BCUT2D eigenvalue weighted by atomic mass is 16.5. The fourth-order valence-corrected chi connectivity index (χ4v) is 11.9. The van der Waals surface area contributed by atoms with Gasteiger partial charge in [0.15, 0.2) is 0 Å². The van der Waals surface area contributed by atoms with E-state index < -0.39 is 12.1 Å². The second kappa shape index (κ2) is 72.6. The molecule has 6 heteroatoms. The van der Waals surface area contributed by atoms with Crippen LogP contribution in [0, 0.1) is 0 Å². The number of hydrogen-bond donors (Lipinski definition) is 3. The van der Waals surface area contributed by atoms with Gasteiger partial charge < -0.3 is 20.3 Å². The minimum Gasteiger partial charge on any atom is -0.466 e. The molecule has 2 atom stereocenters. The van der Waals surface area contributed by atoms with E-state index in [4.69, 9.17) is 4.74 Å². The van der Waals surface area contributed by atoms with E-state index >= 15 is 0 Å². The number of hydrogen-bond acceptors (Lipinski definition) is 5. The minimum absolute atomic E-state index is 0.00738. The van der Waals surface area contributed by atoms with Gasteiger partial charge in [0.25, 0.3) is 0 Å². The van der Waals surface area contributed by atoms with E-state index in [2.05, 4.69) is 55.6 Å². The molecule has 0 aromatic heterocycles. The Kier molecular flexibility index (Phi) is 70.9. The summed E-state index contributed by atoms with van der Waals surface area (Å²) in [5, 5.41) is 23.4. The standard InChI is InChI=1S/C77H147NO5/c1-3-5-7-9-11-13-15-17-19-38-41-45-49-53-57-61-65-69-75(80)74(73-79)78-76(81)70-66-62-58-54-50-46-42-39-36-34-32-30-28-26-24-22-21-23-25-27-29-31-33-35-37-40-44-48-52-56-60-64-68-72-83-77(82)71-67-63-59-55-51-47-43-20-18-16-14-12-10-8-6-4-2/h20,25,27,31,33,43,74-75,79-80H,3-19,21-24,26,28-30,32,34-42,44-73H2,1-2H3,(H,78,81)/b27-25-,33-31-,43-20-. The van der Waals surface area contributed by atoms with E-state index in [0.29, 0.717) is 25.9 Å². The molecule has 0 saturated heterocycles. The van der Waals surface area contributed by atoms with Crippen LogP contribution in [0.5, 0.6) is 0 Å². The van der Waals surface area contributed by atoms with E-state index in [-0.39, 0.29) is 18.5 Å². The van der Waals surface area contributed by atoms with E-state index in [1.807, 2.05) is 0 Å². The van der Waals surface area contributed by atoms with E-state index in [0.717, 1.165) is 51.4 Å². The van der Waals surface area contributed by atoms with Crippen molar-refractivity contribution < 1.29 is 24.5 Å². The zero-order valence-electron chi connectivity index (χ0n) is 56.2. The molecule has 0 aliphatic rings. The molecule has 1 amide bonds. The van der Waals surface area contributed by atoms with Crippen molar-refractivity contribution in [2.75, 3.05) is 13.2 Å². The zero-order chi connectivity index (χ0) is 59.9. The summed E-state index contributed by atoms with van der Waals surface area (Å²) < 4.78 is 5.49. The SMILES string of the molecule is CCCCCCCCC/C=C\CCCCCCCC(=O)OCCCCCCCCCCC/C=C\C/C=C\CCCCCCCCCCCCCCCCCCCC(=O)NC(CO)C(O)CCCCCCCCCCCCCCCCCCC. The summed E-state index contributed by atoms with van der Waals surface area (Å²) in [6.07, 6.45) is 93.6. The van der Waals surface area contributed by atoms with Gasteiger partial charge in [-0.2, -0.15) is 0 Å². The number of ether oxygens (including phenoxy) is 1. The normalized spacial score (nSPS) is 12.7. The largest absolute Gasteiger partial charge is 0.466 e. The van der Waals surface area contributed by atoms with Crippen molar-refractivity contribution >= 4 is 11.9 Å². The van der Waals surface area contributed by atoms with Crippen LogP contribution in [0.4, 0.5) is 0 Å². The maximum absolute atomic E-state index is 12.5. The average molecular weight is 1170 g/mol. The molecule has 0 aromatic rings. The van der Waals surface area contributed by atoms with Crippen LogP contribution in [0.3, 0.4) is 0 Å². The molecule has 83 heavy (non-hydrogen) atoms.